The van der Waals surface area contributed by atoms with Crippen LogP contribution in [0.4, 0.5) is 34.1 Å². The van der Waals surface area contributed by atoms with Gasteiger partial charge in [-0.15, -0.1) is 0 Å². The molecule has 0 aliphatic carbocycles. The highest BCUT2D eigenvalue weighted by Gasteiger charge is 2.43. The van der Waals surface area contributed by atoms with E-state index in [2.05, 4.69) is 123 Å². The van der Waals surface area contributed by atoms with Gasteiger partial charge < -0.3 is 14.2 Å². The molecule has 0 spiro atoms. The zero-order valence-corrected chi connectivity index (χ0v) is 26.7. The van der Waals surface area contributed by atoms with Gasteiger partial charge in [0.25, 0.3) is 6.71 Å². The summed E-state index contributed by atoms with van der Waals surface area (Å²) >= 11 is 0. The Hall–Kier alpha value is -6.66. The number of hydrogen-bond acceptors (Lipinski definition) is 4. The molecule has 50 heavy (non-hydrogen) atoms. The van der Waals surface area contributed by atoms with Crippen molar-refractivity contribution in [1.82, 2.24) is 4.40 Å². The molecular weight excluding hydrogens is 613 g/mol. The van der Waals surface area contributed by atoms with E-state index < -0.39 is 0 Å². The molecular formula is C44H26BN3O2. The predicted octanol–water partition coefficient (Wildman–Crippen LogP) is 7.64. The topological polar surface area (TPSA) is 45.0 Å². The SMILES string of the molecule is O=c1c2ccccc2n2c3cc4c(cc3c(=O)c3cccc1c32)N(c1ccccc1)c1cccc2c1B4c1ccccc1N2c1ccccc1. The molecule has 6 heteroatoms. The maximum Gasteiger partial charge on any atom is 0.252 e. The summed E-state index contributed by atoms with van der Waals surface area (Å²) in [5, 5.41) is 2.35. The molecule has 4 heterocycles. The van der Waals surface area contributed by atoms with Gasteiger partial charge >= 0.3 is 0 Å². The highest BCUT2D eigenvalue weighted by molar-refractivity contribution is 7.00. The predicted molar refractivity (Wildman–Crippen MR) is 208 cm³/mol. The Labute approximate surface area is 286 Å². The summed E-state index contributed by atoms with van der Waals surface area (Å²) in [5.74, 6) is 0. The van der Waals surface area contributed by atoms with Crippen LogP contribution in [0.3, 0.4) is 0 Å². The first-order valence-electron chi connectivity index (χ1n) is 16.9. The second kappa shape index (κ2) is 9.94. The zero-order chi connectivity index (χ0) is 33.1. The number of fused-ring (bicyclic) bond motifs is 8. The van der Waals surface area contributed by atoms with Crippen molar-refractivity contribution in [1.29, 1.82) is 0 Å². The molecule has 7 aromatic carbocycles. The lowest BCUT2D eigenvalue weighted by Gasteiger charge is -2.44. The van der Waals surface area contributed by atoms with Crippen molar-refractivity contribution in [3.63, 3.8) is 0 Å². The first-order valence-corrected chi connectivity index (χ1v) is 16.9. The monoisotopic (exact) mass is 639 g/mol. The second-order valence-electron chi connectivity index (χ2n) is 13.2. The zero-order valence-electron chi connectivity index (χ0n) is 26.7. The van der Waals surface area contributed by atoms with E-state index >= 15 is 0 Å². The van der Waals surface area contributed by atoms with Crippen LogP contribution in [0.5, 0.6) is 0 Å². The second-order valence-corrected chi connectivity index (χ2v) is 13.2. The van der Waals surface area contributed by atoms with Gasteiger partial charge in [0.05, 0.1) is 16.6 Å². The quantitative estimate of drug-likeness (QED) is 0.111. The minimum Gasteiger partial charge on any atom is -0.311 e. The molecule has 0 N–H and O–H groups in total. The van der Waals surface area contributed by atoms with Crippen LogP contribution in [0.1, 0.15) is 0 Å². The summed E-state index contributed by atoms with van der Waals surface area (Å²) in [4.78, 5) is 33.1. The fourth-order valence-corrected chi connectivity index (χ4v) is 8.67. The van der Waals surface area contributed by atoms with Crippen molar-refractivity contribution < 1.29 is 0 Å². The van der Waals surface area contributed by atoms with Gasteiger partial charge in [0.15, 0.2) is 10.9 Å². The van der Waals surface area contributed by atoms with Crippen LogP contribution in [0.15, 0.2) is 167 Å². The molecule has 11 rings (SSSR count). The normalized spacial score (nSPS) is 13.2. The smallest absolute Gasteiger partial charge is 0.252 e. The summed E-state index contributed by atoms with van der Waals surface area (Å²) in [6, 6.07) is 53.8. The molecule has 0 amide bonds. The lowest BCUT2D eigenvalue weighted by molar-refractivity contribution is 1.25. The van der Waals surface area contributed by atoms with Gasteiger partial charge in [-0.05, 0) is 95.3 Å². The van der Waals surface area contributed by atoms with Crippen molar-refractivity contribution in [2.75, 3.05) is 9.80 Å². The van der Waals surface area contributed by atoms with Gasteiger partial charge in [-0.25, -0.2) is 0 Å². The van der Waals surface area contributed by atoms with Crippen molar-refractivity contribution in [2.24, 2.45) is 0 Å². The Balaban J connectivity index is 1.34. The van der Waals surface area contributed by atoms with Crippen molar-refractivity contribution in [2.45, 2.75) is 0 Å². The first-order chi connectivity index (χ1) is 24.7. The summed E-state index contributed by atoms with van der Waals surface area (Å²) < 4.78 is 2.15. The van der Waals surface area contributed by atoms with Crippen molar-refractivity contribution >= 4 is 95.3 Å². The Morgan fingerprint density at radius 2 is 0.940 bits per heavy atom. The van der Waals surface area contributed by atoms with Crippen molar-refractivity contribution in [3.05, 3.63) is 178 Å². The average Bonchev–Trinajstić information content (AvgIpc) is 3.17. The Morgan fingerprint density at radius 1 is 0.400 bits per heavy atom. The fourth-order valence-electron chi connectivity index (χ4n) is 8.67. The van der Waals surface area contributed by atoms with E-state index in [0.717, 1.165) is 50.6 Å². The van der Waals surface area contributed by atoms with Crippen LogP contribution in [0.2, 0.25) is 0 Å². The number of para-hydroxylation sites is 5. The number of hydrogen-bond donors (Lipinski definition) is 0. The number of nitrogens with zero attached hydrogens (tertiary/aromatic N) is 3. The molecule has 2 aromatic heterocycles. The lowest BCUT2D eigenvalue weighted by atomic mass is 9.33. The van der Waals surface area contributed by atoms with Gasteiger partial charge in [-0.1, -0.05) is 78.9 Å². The molecule has 2 aliphatic rings. The van der Waals surface area contributed by atoms with E-state index in [9.17, 15) is 9.59 Å². The molecule has 2 aliphatic heterocycles. The van der Waals surface area contributed by atoms with E-state index in [0.29, 0.717) is 27.1 Å². The molecule has 0 saturated heterocycles. The van der Waals surface area contributed by atoms with Gasteiger partial charge in [-0.2, -0.15) is 0 Å². The Bertz CT molecular complexity index is 3000. The van der Waals surface area contributed by atoms with Crippen LogP contribution in [0.25, 0.3) is 38.1 Å². The molecule has 0 saturated carbocycles. The Kier molecular flexibility index (Phi) is 5.43. The lowest BCUT2D eigenvalue weighted by Crippen LogP contribution is -2.61. The van der Waals surface area contributed by atoms with Crippen LogP contribution >= 0.6 is 0 Å². The fraction of sp³-hybridized carbons (Fsp3) is 0. The van der Waals surface area contributed by atoms with Crippen LogP contribution in [-0.2, 0) is 0 Å². The highest BCUT2D eigenvalue weighted by Crippen LogP contribution is 2.44. The van der Waals surface area contributed by atoms with Gasteiger partial charge in [0, 0.05) is 55.7 Å². The molecule has 0 bridgehead atoms. The van der Waals surface area contributed by atoms with E-state index in [-0.39, 0.29) is 17.6 Å². The Morgan fingerprint density at radius 3 is 1.66 bits per heavy atom. The van der Waals surface area contributed by atoms with Crippen LogP contribution in [-0.4, -0.2) is 11.1 Å². The van der Waals surface area contributed by atoms with Gasteiger partial charge in [0.2, 0.25) is 0 Å². The third-order valence-corrected chi connectivity index (χ3v) is 10.7. The summed E-state index contributed by atoms with van der Waals surface area (Å²) in [6.07, 6.45) is 0. The molecule has 9 aromatic rings. The third kappa shape index (κ3) is 3.47. The molecule has 0 radical (unpaired) electrons. The van der Waals surface area contributed by atoms with E-state index in [1.165, 1.54) is 10.9 Å². The number of benzene rings is 7. The van der Waals surface area contributed by atoms with Gasteiger partial charge in [-0.3, -0.25) is 9.59 Å². The molecule has 0 fully saturated rings. The van der Waals surface area contributed by atoms with Crippen molar-refractivity contribution in [3.8, 4) is 0 Å². The van der Waals surface area contributed by atoms with E-state index in [4.69, 9.17) is 0 Å². The standard InChI is InChI=1S/C44H26BN3O2/c49-43-29-17-7-9-21-35(29)48-39-26-34-40(25-32(39)44(50)31-19-11-18-30(43)42(31)48)47(28-15-5-2-6-16-28)38-24-12-23-37-41(38)45(34)33-20-8-10-22-36(33)46(37)27-13-3-1-4-14-27/h1-26H. The van der Waals surface area contributed by atoms with Crippen LogP contribution in [0, 0.1) is 0 Å². The average molecular weight is 640 g/mol. The maximum absolute atomic E-state index is 14.6. The molecule has 232 valence electrons. The summed E-state index contributed by atoms with van der Waals surface area (Å²) in [6.45, 7) is -0.106. The van der Waals surface area contributed by atoms with E-state index in [1.54, 1.807) is 0 Å². The van der Waals surface area contributed by atoms with Gasteiger partial charge in [0.1, 0.15) is 0 Å². The van der Waals surface area contributed by atoms with E-state index in [1.807, 2.05) is 48.5 Å². The minimum absolute atomic E-state index is 0.0565. The summed E-state index contributed by atoms with van der Waals surface area (Å²) in [5.41, 5.74) is 12.1. The third-order valence-electron chi connectivity index (χ3n) is 10.7. The van der Waals surface area contributed by atoms with Crippen LogP contribution < -0.4 is 37.0 Å². The molecule has 5 nitrogen and oxygen atoms in total. The molecule has 0 atom stereocenters. The largest absolute Gasteiger partial charge is 0.311 e. The maximum atomic E-state index is 14.6. The number of pyridine rings is 2. The first kappa shape index (κ1) is 27.3. The summed E-state index contributed by atoms with van der Waals surface area (Å²) in [7, 11) is 0. The number of anilines is 6. The number of rotatable bonds is 2. The highest BCUT2D eigenvalue weighted by atomic mass is 16.1. The molecule has 0 unspecified atom stereocenters. The number of aromatic nitrogens is 1. The minimum atomic E-state index is -0.106.